The Balaban J connectivity index is 1.32. The van der Waals surface area contributed by atoms with Gasteiger partial charge >= 0.3 is 0 Å². The van der Waals surface area contributed by atoms with Crippen LogP contribution >= 0.6 is 0 Å². The van der Waals surface area contributed by atoms with E-state index >= 15 is 0 Å². The second kappa shape index (κ2) is 11.7. The first-order valence-corrected chi connectivity index (χ1v) is 14.0. The lowest BCUT2D eigenvalue weighted by molar-refractivity contribution is -0.124. The number of aliphatic hydroxyl groups excluding tert-OH is 1. The van der Waals surface area contributed by atoms with E-state index in [1.165, 1.54) is 11.1 Å². The molecule has 0 aliphatic heterocycles. The molecule has 38 heavy (non-hydrogen) atoms. The van der Waals surface area contributed by atoms with Gasteiger partial charge in [-0.05, 0) is 99.5 Å². The van der Waals surface area contributed by atoms with E-state index in [1.807, 2.05) is 30.1 Å². The van der Waals surface area contributed by atoms with Crippen LogP contribution < -0.4 is 9.64 Å². The molecule has 7 nitrogen and oxygen atoms in total. The standard InChI is InChI=1S/C31H40N4O3/c1-21-17-25(13-16-30(21)38-3)23-9-7-22(8-10-23)20-35(31(37)24-11-14-28(36)15-12-24)27-6-4-5-26(18-27)29-19-32-34(2)33-29/h4-6,13,16-19,22-24,28,36H,7-12,14-15,20H2,1-3H3. The van der Waals surface area contributed by atoms with Gasteiger partial charge in [-0.25, -0.2) is 0 Å². The average molecular weight is 517 g/mol. The summed E-state index contributed by atoms with van der Waals surface area (Å²) in [5.41, 5.74) is 5.28. The smallest absolute Gasteiger partial charge is 0.230 e. The lowest BCUT2D eigenvalue weighted by Crippen LogP contribution is -2.41. The van der Waals surface area contributed by atoms with Crippen LogP contribution in [0.4, 0.5) is 5.69 Å². The van der Waals surface area contributed by atoms with Crippen LogP contribution in [0.5, 0.6) is 5.75 Å². The van der Waals surface area contributed by atoms with E-state index in [4.69, 9.17) is 4.74 Å². The number of hydrogen-bond donors (Lipinski definition) is 1. The highest BCUT2D eigenvalue weighted by molar-refractivity contribution is 5.95. The first kappa shape index (κ1) is 26.4. The molecule has 2 aliphatic carbocycles. The fraction of sp³-hybridized carbons (Fsp3) is 0.516. The van der Waals surface area contributed by atoms with Crippen LogP contribution in [0, 0.1) is 18.8 Å². The Hall–Kier alpha value is -3.19. The molecule has 2 aromatic carbocycles. The number of ether oxygens (including phenoxy) is 1. The molecular formula is C31H40N4O3. The average Bonchev–Trinajstić information content (AvgIpc) is 3.38. The van der Waals surface area contributed by atoms with Crippen molar-refractivity contribution in [2.24, 2.45) is 18.9 Å². The van der Waals surface area contributed by atoms with Gasteiger partial charge in [-0.1, -0.05) is 24.3 Å². The van der Waals surface area contributed by atoms with Crippen molar-refractivity contribution in [3.63, 3.8) is 0 Å². The third-order valence-electron chi connectivity index (χ3n) is 8.54. The molecule has 0 bridgehead atoms. The van der Waals surface area contributed by atoms with Crippen molar-refractivity contribution in [3.05, 3.63) is 59.8 Å². The number of nitrogens with zero attached hydrogens (tertiary/aromatic N) is 4. The number of hydrogen-bond acceptors (Lipinski definition) is 5. The molecule has 7 heteroatoms. The first-order valence-electron chi connectivity index (χ1n) is 14.0. The third-order valence-corrected chi connectivity index (χ3v) is 8.54. The van der Waals surface area contributed by atoms with Crippen molar-refractivity contribution in [2.75, 3.05) is 18.6 Å². The van der Waals surface area contributed by atoms with Crippen molar-refractivity contribution in [1.29, 1.82) is 0 Å². The van der Waals surface area contributed by atoms with Crippen LogP contribution in [0.1, 0.15) is 68.4 Å². The molecule has 2 saturated carbocycles. The predicted octanol–water partition coefficient (Wildman–Crippen LogP) is 5.66. The molecule has 0 spiro atoms. The van der Waals surface area contributed by atoms with Crippen molar-refractivity contribution in [2.45, 2.75) is 70.3 Å². The summed E-state index contributed by atoms with van der Waals surface area (Å²) in [7, 11) is 3.53. The Morgan fingerprint density at radius 2 is 1.82 bits per heavy atom. The van der Waals surface area contributed by atoms with E-state index in [1.54, 1.807) is 18.1 Å². The van der Waals surface area contributed by atoms with Crippen molar-refractivity contribution in [1.82, 2.24) is 15.0 Å². The summed E-state index contributed by atoms with van der Waals surface area (Å²) >= 11 is 0. The quantitative estimate of drug-likeness (QED) is 0.438. The lowest BCUT2D eigenvalue weighted by atomic mass is 9.78. The summed E-state index contributed by atoms with van der Waals surface area (Å²) in [5, 5.41) is 18.7. The molecule has 1 heterocycles. The maximum absolute atomic E-state index is 13.9. The van der Waals surface area contributed by atoms with Crippen LogP contribution in [-0.2, 0) is 11.8 Å². The van der Waals surface area contributed by atoms with E-state index in [9.17, 15) is 9.90 Å². The largest absolute Gasteiger partial charge is 0.496 e. The zero-order valence-corrected chi connectivity index (χ0v) is 22.8. The number of aliphatic hydroxyl groups is 1. The number of carbonyl (C=O) groups excluding carboxylic acids is 1. The van der Waals surface area contributed by atoms with E-state index in [0.717, 1.165) is 67.8 Å². The highest BCUT2D eigenvalue weighted by atomic mass is 16.5. The first-order chi connectivity index (χ1) is 18.4. The number of aromatic nitrogens is 3. The molecule has 0 radical (unpaired) electrons. The Labute approximate surface area is 225 Å². The summed E-state index contributed by atoms with van der Waals surface area (Å²) in [6, 6.07) is 14.7. The van der Waals surface area contributed by atoms with Gasteiger partial charge in [0.25, 0.3) is 0 Å². The summed E-state index contributed by atoms with van der Waals surface area (Å²) < 4.78 is 5.45. The highest BCUT2D eigenvalue weighted by Crippen LogP contribution is 2.39. The number of aryl methyl sites for hydroxylation is 2. The van der Waals surface area contributed by atoms with Gasteiger partial charge in [-0.3, -0.25) is 4.79 Å². The van der Waals surface area contributed by atoms with E-state index in [0.29, 0.717) is 24.7 Å². The van der Waals surface area contributed by atoms with Gasteiger partial charge < -0.3 is 14.7 Å². The van der Waals surface area contributed by atoms with Crippen LogP contribution in [0.3, 0.4) is 0 Å². The summed E-state index contributed by atoms with van der Waals surface area (Å²) in [6.45, 7) is 2.84. The summed E-state index contributed by atoms with van der Waals surface area (Å²) in [4.78, 5) is 17.5. The molecule has 1 amide bonds. The van der Waals surface area contributed by atoms with Crippen LogP contribution in [0.25, 0.3) is 11.3 Å². The minimum atomic E-state index is -0.274. The molecule has 3 aromatic rings. The van der Waals surface area contributed by atoms with E-state index < -0.39 is 0 Å². The number of carbonyl (C=O) groups is 1. The topological polar surface area (TPSA) is 80.5 Å². The monoisotopic (exact) mass is 516 g/mol. The molecule has 0 atom stereocenters. The fourth-order valence-electron chi connectivity index (χ4n) is 6.27. The van der Waals surface area contributed by atoms with Crippen molar-refractivity contribution in [3.8, 4) is 17.0 Å². The number of amides is 1. The molecule has 0 saturated heterocycles. The van der Waals surface area contributed by atoms with Gasteiger partial charge in [0.2, 0.25) is 5.91 Å². The maximum Gasteiger partial charge on any atom is 0.230 e. The molecular weight excluding hydrogens is 476 g/mol. The van der Waals surface area contributed by atoms with Crippen LogP contribution in [0.15, 0.2) is 48.7 Å². The Bertz CT molecular complexity index is 1240. The van der Waals surface area contributed by atoms with Crippen molar-refractivity contribution < 1.29 is 14.6 Å². The summed E-state index contributed by atoms with van der Waals surface area (Å²) in [5.74, 6) is 2.12. The van der Waals surface area contributed by atoms with Gasteiger partial charge in [0, 0.05) is 30.8 Å². The predicted molar refractivity (Wildman–Crippen MR) is 149 cm³/mol. The van der Waals surface area contributed by atoms with Gasteiger partial charge in [0.05, 0.1) is 19.4 Å². The second-order valence-corrected chi connectivity index (χ2v) is 11.2. The van der Waals surface area contributed by atoms with E-state index in [2.05, 4.69) is 41.4 Å². The van der Waals surface area contributed by atoms with Gasteiger partial charge in [0.1, 0.15) is 11.4 Å². The Morgan fingerprint density at radius 3 is 2.47 bits per heavy atom. The SMILES string of the molecule is COc1ccc(C2CCC(CN(C(=O)C3CCC(O)CC3)c3cccc(-c4cnn(C)n4)c3)CC2)cc1C. The lowest BCUT2D eigenvalue weighted by Gasteiger charge is -2.36. The molecule has 5 rings (SSSR count). The number of anilines is 1. The molecule has 0 unspecified atom stereocenters. The number of methoxy groups -OCH3 is 1. The maximum atomic E-state index is 13.9. The summed E-state index contributed by atoms with van der Waals surface area (Å²) in [6.07, 6.45) is 8.88. The van der Waals surface area contributed by atoms with Crippen LogP contribution in [0.2, 0.25) is 0 Å². The normalized spacial score (nSPS) is 23.7. The van der Waals surface area contributed by atoms with Gasteiger partial charge in [-0.15, -0.1) is 0 Å². The molecule has 1 aromatic heterocycles. The Kier molecular flexibility index (Phi) is 8.12. The van der Waals surface area contributed by atoms with E-state index in [-0.39, 0.29) is 17.9 Å². The molecule has 1 N–H and O–H groups in total. The minimum Gasteiger partial charge on any atom is -0.496 e. The van der Waals surface area contributed by atoms with Crippen LogP contribution in [-0.4, -0.2) is 45.8 Å². The van der Waals surface area contributed by atoms with Gasteiger partial charge in [0.15, 0.2) is 0 Å². The third kappa shape index (κ3) is 5.93. The number of rotatable bonds is 7. The van der Waals surface area contributed by atoms with Crippen molar-refractivity contribution >= 4 is 11.6 Å². The van der Waals surface area contributed by atoms with Gasteiger partial charge in [-0.2, -0.15) is 15.0 Å². The highest BCUT2D eigenvalue weighted by Gasteiger charge is 2.32. The number of benzene rings is 2. The molecule has 2 fully saturated rings. The molecule has 202 valence electrons. The minimum absolute atomic E-state index is 0.0304. The Morgan fingerprint density at radius 1 is 1.05 bits per heavy atom. The second-order valence-electron chi connectivity index (χ2n) is 11.2. The fourth-order valence-corrected chi connectivity index (χ4v) is 6.27. The zero-order chi connectivity index (χ0) is 26.6. The zero-order valence-electron chi connectivity index (χ0n) is 22.8. The molecule has 2 aliphatic rings.